The van der Waals surface area contributed by atoms with Gasteiger partial charge in [-0.15, -0.1) is 0 Å². The monoisotopic (exact) mass is 189 g/mol. The molecule has 0 bridgehead atoms. The molecule has 0 aliphatic heterocycles. The molecule has 0 saturated heterocycles. The molecule has 1 heteroatoms. The number of benzene rings is 1. The third-order valence-electron chi connectivity index (χ3n) is 3.67. The van der Waals surface area contributed by atoms with Gasteiger partial charge in [-0.2, -0.15) is 0 Å². The minimum Gasteiger partial charge on any atom is -0.321 e. The number of hydrogen-bond acceptors (Lipinski definition) is 1. The van der Waals surface area contributed by atoms with Gasteiger partial charge in [-0.3, -0.25) is 0 Å². The first-order valence-electron chi connectivity index (χ1n) is 5.58. The molecule has 0 heterocycles. The summed E-state index contributed by atoms with van der Waals surface area (Å²) in [7, 11) is 0. The highest BCUT2D eigenvalue weighted by Gasteiger charge is 2.35. The number of rotatable bonds is 1. The fraction of sp³-hybridized carbons (Fsp3) is 0.538. The van der Waals surface area contributed by atoms with E-state index in [4.69, 9.17) is 5.73 Å². The average Bonchev–Trinajstić information content (AvgIpc) is 2.24. The van der Waals surface area contributed by atoms with Crippen LogP contribution in [0.15, 0.2) is 30.3 Å². The Morgan fingerprint density at radius 3 is 2.57 bits per heavy atom. The van der Waals surface area contributed by atoms with Crippen LogP contribution in [0.2, 0.25) is 0 Å². The molecule has 1 unspecified atom stereocenters. The molecule has 1 aromatic carbocycles. The zero-order valence-electron chi connectivity index (χ0n) is 8.87. The topological polar surface area (TPSA) is 26.0 Å². The fourth-order valence-corrected chi connectivity index (χ4v) is 2.55. The van der Waals surface area contributed by atoms with Gasteiger partial charge in [0.1, 0.15) is 0 Å². The van der Waals surface area contributed by atoms with Crippen molar-refractivity contribution in [3.8, 4) is 0 Å². The van der Waals surface area contributed by atoms with Crippen LogP contribution in [0, 0.1) is 5.92 Å². The van der Waals surface area contributed by atoms with Gasteiger partial charge in [0.15, 0.2) is 0 Å². The van der Waals surface area contributed by atoms with E-state index in [1.807, 2.05) is 0 Å². The second-order valence-electron chi connectivity index (χ2n) is 4.55. The summed E-state index contributed by atoms with van der Waals surface area (Å²) < 4.78 is 0. The molecule has 76 valence electrons. The molecular formula is C13H19N. The van der Waals surface area contributed by atoms with Gasteiger partial charge < -0.3 is 5.73 Å². The molecule has 0 amide bonds. The molecule has 1 nitrogen and oxygen atoms in total. The predicted molar refractivity (Wildman–Crippen MR) is 59.9 cm³/mol. The Morgan fingerprint density at radius 1 is 1.21 bits per heavy atom. The summed E-state index contributed by atoms with van der Waals surface area (Å²) in [6, 6.07) is 10.6. The van der Waals surface area contributed by atoms with E-state index >= 15 is 0 Å². The van der Waals surface area contributed by atoms with E-state index in [1.165, 1.54) is 24.8 Å². The lowest BCUT2D eigenvalue weighted by molar-refractivity contribution is 0.207. The lowest BCUT2D eigenvalue weighted by Gasteiger charge is -2.40. The van der Waals surface area contributed by atoms with Crippen LogP contribution >= 0.6 is 0 Å². The van der Waals surface area contributed by atoms with Crippen molar-refractivity contribution in [2.75, 3.05) is 0 Å². The van der Waals surface area contributed by atoms with Crippen LogP contribution in [0.4, 0.5) is 0 Å². The molecule has 1 fully saturated rings. The molecule has 0 spiro atoms. The molecule has 1 aromatic rings. The summed E-state index contributed by atoms with van der Waals surface area (Å²) >= 11 is 0. The van der Waals surface area contributed by atoms with Crippen molar-refractivity contribution in [1.29, 1.82) is 0 Å². The second kappa shape index (κ2) is 3.74. The van der Waals surface area contributed by atoms with E-state index in [0.29, 0.717) is 5.92 Å². The van der Waals surface area contributed by atoms with Crippen LogP contribution in [-0.2, 0) is 5.54 Å². The first-order valence-corrected chi connectivity index (χ1v) is 5.58. The van der Waals surface area contributed by atoms with E-state index in [1.54, 1.807) is 0 Å². The molecule has 1 aliphatic carbocycles. The zero-order chi connectivity index (χ0) is 10.0. The van der Waals surface area contributed by atoms with Crippen molar-refractivity contribution in [2.45, 2.75) is 38.1 Å². The van der Waals surface area contributed by atoms with E-state index < -0.39 is 0 Å². The van der Waals surface area contributed by atoms with Crippen LogP contribution in [0.5, 0.6) is 0 Å². The van der Waals surface area contributed by atoms with E-state index in [-0.39, 0.29) is 5.54 Å². The number of nitrogens with two attached hydrogens (primary N) is 1. The molecule has 2 N–H and O–H groups in total. The van der Waals surface area contributed by atoms with Crippen LogP contribution in [-0.4, -0.2) is 0 Å². The Balaban J connectivity index is 2.30. The van der Waals surface area contributed by atoms with Crippen molar-refractivity contribution in [1.82, 2.24) is 0 Å². The van der Waals surface area contributed by atoms with Crippen LogP contribution in [0.1, 0.15) is 38.2 Å². The van der Waals surface area contributed by atoms with Gasteiger partial charge in [0.2, 0.25) is 0 Å². The third kappa shape index (κ3) is 1.57. The largest absolute Gasteiger partial charge is 0.321 e. The van der Waals surface area contributed by atoms with Crippen molar-refractivity contribution in [3.63, 3.8) is 0 Å². The lowest BCUT2D eigenvalue weighted by Crippen LogP contribution is -2.45. The summed E-state index contributed by atoms with van der Waals surface area (Å²) in [5.74, 6) is 0.610. The minimum atomic E-state index is -0.0699. The molecular weight excluding hydrogens is 170 g/mol. The highest BCUT2D eigenvalue weighted by molar-refractivity contribution is 5.25. The van der Waals surface area contributed by atoms with Crippen molar-refractivity contribution in [3.05, 3.63) is 35.9 Å². The molecule has 14 heavy (non-hydrogen) atoms. The molecule has 0 radical (unpaired) electrons. The first kappa shape index (κ1) is 9.72. The maximum absolute atomic E-state index is 6.52. The minimum absolute atomic E-state index is 0.0699. The normalized spacial score (nSPS) is 32.9. The Hall–Kier alpha value is -0.820. The predicted octanol–water partition coefficient (Wildman–Crippen LogP) is 3.05. The quantitative estimate of drug-likeness (QED) is 0.722. The Bertz CT molecular complexity index is 293. The van der Waals surface area contributed by atoms with Gasteiger partial charge in [-0.05, 0) is 24.3 Å². The van der Waals surface area contributed by atoms with Crippen LogP contribution in [0.25, 0.3) is 0 Å². The SMILES string of the molecule is CC1CCCC[C@]1(N)c1ccccc1. The average molecular weight is 189 g/mol. The van der Waals surface area contributed by atoms with Gasteiger partial charge in [0.05, 0.1) is 0 Å². The van der Waals surface area contributed by atoms with Crippen molar-refractivity contribution < 1.29 is 0 Å². The summed E-state index contributed by atoms with van der Waals surface area (Å²) in [6.45, 7) is 2.28. The molecule has 1 aliphatic rings. The van der Waals surface area contributed by atoms with Crippen molar-refractivity contribution in [2.24, 2.45) is 11.7 Å². The van der Waals surface area contributed by atoms with Gasteiger partial charge in [-0.25, -0.2) is 0 Å². The standard InChI is InChI=1S/C13H19N/c1-11-7-5-6-10-13(11,14)12-8-3-2-4-9-12/h2-4,8-9,11H,5-7,10,14H2,1H3/t11?,13-/m1/s1. The maximum atomic E-state index is 6.52. The highest BCUT2D eigenvalue weighted by Crippen LogP contribution is 2.38. The first-order chi connectivity index (χ1) is 6.73. The lowest BCUT2D eigenvalue weighted by atomic mass is 9.70. The molecule has 0 aromatic heterocycles. The second-order valence-corrected chi connectivity index (χ2v) is 4.55. The van der Waals surface area contributed by atoms with Crippen LogP contribution < -0.4 is 5.73 Å². The fourth-order valence-electron chi connectivity index (χ4n) is 2.55. The Kier molecular flexibility index (Phi) is 2.60. The Labute approximate surface area is 86.3 Å². The molecule has 1 saturated carbocycles. The van der Waals surface area contributed by atoms with Crippen molar-refractivity contribution >= 4 is 0 Å². The zero-order valence-corrected chi connectivity index (χ0v) is 8.87. The van der Waals surface area contributed by atoms with Gasteiger partial charge in [0, 0.05) is 5.54 Å². The smallest absolute Gasteiger partial charge is 0.0435 e. The van der Waals surface area contributed by atoms with E-state index in [9.17, 15) is 0 Å². The summed E-state index contributed by atoms with van der Waals surface area (Å²) in [5, 5.41) is 0. The van der Waals surface area contributed by atoms with E-state index in [2.05, 4.69) is 37.3 Å². The van der Waals surface area contributed by atoms with Gasteiger partial charge >= 0.3 is 0 Å². The summed E-state index contributed by atoms with van der Waals surface area (Å²) in [5.41, 5.74) is 7.77. The van der Waals surface area contributed by atoms with Gasteiger partial charge in [0.25, 0.3) is 0 Å². The maximum Gasteiger partial charge on any atom is 0.0435 e. The third-order valence-corrected chi connectivity index (χ3v) is 3.67. The molecule has 2 rings (SSSR count). The van der Waals surface area contributed by atoms with Gasteiger partial charge in [-0.1, -0.05) is 50.1 Å². The highest BCUT2D eigenvalue weighted by atomic mass is 14.8. The van der Waals surface area contributed by atoms with Crippen LogP contribution in [0.3, 0.4) is 0 Å². The Morgan fingerprint density at radius 2 is 1.93 bits per heavy atom. The van der Waals surface area contributed by atoms with E-state index in [0.717, 1.165) is 6.42 Å². The number of hydrogen-bond donors (Lipinski definition) is 1. The summed E-state index contributed by atoms with van der Waals surface area (Å²) in [6.07, 6.45) is 5.02. The summed E-state index contributed by atoms with van der Waals surface area (Å²) in [4.78, 5) is 0. The molecule has 2 atom stereocenters.